The SMILES string of the molecule is Cc1ccccc1OC1CCN(C(=O)Cn2nc(C(=O)N3C[C@@H](C)O[C@@H](C)C3)c3c2CCC3)CC1. The lowest BCUT2D eigenvalue weighted by molar-refractivity contribution is -0.133. The van der Waals surface area contributed by atoms with E-state index in [4.69, 9.17) is 9.47 Å². The van der Waals surface area contributed by atoms with Gasteiger partial charge in [-0.05, 0) is 51.7 Å². The number of amides is 2. The van der Waals surface area contributed by atoms with Crippen molar-refractivity contribution in [3.05, 3.63) is 46.8 Å². The number of fused-ring (bicyclic) bond motifs is 1. The first-order valence-corrected chi connectivity index (χ1v) is 12.9. The molecule has 3 aliphatic rings. The lowest BCUT2D eigenvalue weighted by Crippen LogP contribution is -2.48. The Morgan fingerprint density at radius 3 is 2.49 bits per heavy atom. The summed E-state index contributed by atoms with van der Waals surface area (Å²) < 4.78 is 13.8. The van der Waals surface area contributed by atoms with Crippen LogP contribution in [0, 0.1) is 6.92 Å². The average Bonchev–Trinajstić information content (AvgIpc) is 3.44. The van der Waals surface area contributed by atoms with E-state index in [1.807, 2.05) is 41.8 Å². The Bertz CT molecular complexity index is 1080. The molecule has 3 heterocycles. The van der Waals surface area contributed by atoms with E-state index in [9.17, 15) is 9.59 Å². The number of benzene rings is 1. The predicted octanol–water partition coefficient (Wildman–Crippen LogP) is 3.00. The summed E-state index contributed by atoms with van der Waals surface area (Å²) in [5.41, 5.74) is 3.73. The summed E-state index contributed by atoms with van der Waals surface area (Å²) in [7, 11) is 0. The van der Waals surface area contributed by atoms with Crippen molar-refractivity contribution in [2.75, 3.05) is 26.2 Å². The number of aryl methyl sites for hydroxylation is 1. The number of rotatable bonds is 5. The lowest BCUT2D eigenvalue weighted by atomic mass is 10.1. The zero-order valence-corrected chi connectivity index (χ0v) is 21.0. The van der Waals surface area contributed by atoms with Crippen molar-refractivity contribution < 1.29 is 19.1 Å². The van der Waals surface area contributed by atoms with Gasteiger partial charge in [-0.15, -0.1) is 0 Å². The van der Waals surface area contributed by atoms with Gasteiger partial charge in [-0.25, -0.2) is 0 Å². The minimum Gasteiger partial charge on any atom is -0.490 e. The number of hydrogen-bond acceptors (Lipinski definition) is 5. The van der Waals surface area contributed by atoms with E-state index in [2.05, 4.69) is 18.1 Å². The average molecular weight is 481 g/mol. The fourth-order valence-electron chi connectivity index (χ4n) is 5.62. The highest BCUT2D eigenvalue weighted by Crippen LogP contribution is 2.28. The summed E-state index contributed by atoms with van der Waals surface area (Å²) in [6.45, 7) is 8.72. The van der Waals surface area contributed by atoms with Gasteiger partial charge in [-0.2, -0.15) is 5.10 Å². The summed E-state index contributed by atoms with van der Waals surface area (Å²) in [4.78, 5) is 30.3. The molecule has 2 aliphatic heterocycles. The third-order valence-corrected chi connectivity index (χ3v) is 7.38. The van der Waals surface area contributed by atoms with Crippen LogP contribution in [0.1, 0.15) is 60.4 Å². The Balaban J connectivity index is 1.22. The van der Waals surface area contributed by atoms with Crippen LogP contribution in [0.4, 0.5) is 0 Å². The third-order valence-electron chi connectivity index (χ3n) is 7.38. The van der Waals surface area contributed by atoms with Crippen molar-refractivity contribution in [1.82, 2.24) is 19.6 Å². The van der Waals surface area contributed by atoms with Gasteiger partial charge in [-0.1, -0.05) is 18.2 Å². The van der Waals surface area contributed by atoms with Crippen LogP contribution in [0.25, 0.3) is 0 Å². The minimum absolute atomic E-state index is 0.0112. The van der Waals surface area contributed by atoms with Crippen molar-refractivity contribution >= 4 is 11.8 Å². The molecule has 1 aliphatic carbocycles. The van der Waals surface area contributed by atoms with Crippen LogP contribution in [0.5, 0.6) is 5.75 Å². The molecule has 0 spiro atoms. The normalized spacial score (nSPS) is 22.8. The van der Waals surface area contributed by atoms with Gasteiger partial charge in [-0.3, -0.25) is 14.3 Å². The first kappa shape index (κ1) is 23.9. The van der Waals surface area contributed by atoms with E-state index < -0.39 is 0 Å². The molecular weight excluding hydrogens is 444 g/mol. The molecule has 8 heteroatoms. The number of piperidine rings is 1. The molecule has 0 bridgehead atoms. The van der Waals surface area contributed by atoms with E-state index >= 15 is 0 Å². The topological polar surface area (TPSA) is 76.9 Å². The van der Waals surface area contributed by atoms with Gasteiger partial charge in [0.2, 0.25) is 5.91 Å². The molecule has 2 saturated heterocycles. The molecule has 35 heavy (non-hydrogen) atoms. The van der Waals surface area contributed by atoms with Crippen LogP contribution in [-0.4, -0.2) is 75.9 Å². The van der Waals surface area contributed by atoms with Crippen LogP contribution in [0.2, 0.25) is 0 Å². The Hall–Kier alpha value is -2.87. The molecule has 0 unspecified atom stereocenters. The molecule has 0 radical (unpaired) electrons. The second-order valence-electron chi connectivity index (χ2n) is 10.2. The largest absolute Gasteiger partial charge is 0.490 e. The van der Waals surface area contributed by atoms with E-state index in [0.29, 0.717) is 31.9 Å². The minimum atomic E-state index is -0.0366. The third kappa shape index (κ3) is 5.08. The molecule has 188 valence electrons. The van der Waals surface area contributed by atoms with Crippen molar-refractivity contribution in [3.8, 4) is 5.75 Å². The van der Waals surface area contributed by atoms with Gasteiger partial charge in [0.1, 0.15) is 18.4 Å². The highest BCUT2D eigenvalue weighted by molar-refractivity contribution is 5.94. The molecule has 2 atom stereocenters. The van der Waals surface area contributed by atoms with Crippen LogP contribution in [0.15, 0.2) is 24.3 Å². The number of likely N-dealkylation sites (tertiary alicyclic amines) is 1. The van der Waals surface area contributed by atoms with Crippen LogP contribution >= 0.6 is 0 Å². The number of nitrogens with zero attached hydrogens (tertiary/aromatic N) is 4. The maximum absolute atomic E-state index is 13.3. The number of para-hydroxylation sites is 1. The second kappa shape index (κ2) is 10.0. The Morgan fingerprint density at radius 1 is 1.06 bits per heavy atom. The molecule has 1 aromatic heterocycles. The second-order valence-corrected chi connectivity index (χ2v) is 10.2. The summed E-state index contributed by atoms with van der Waals surface area (Å²) in [5, 5.41) is 4.68. The van der Waals surface area contributed by atoms with Gasteiger partial charge < -0.3 is 19.3 Å². The van der Waals surface area contributed by atoms with E-state index in [-0.39, 0.29) is 36.7 Å². The highest BCUT2D eigenvalue weighted by atomic mass is 16.5. The van der Waals surface area contributed by atoms with Crippen LogP contribution in [0.3, 0.4) is 0 Å². The number of ether oxygens (including phenoxy) is 2. The molecule has 8 nitrogen and oxygen atoms in total. The standard InChI is InChI=1S/C27H36N4O4/c1-18-7-4-5-10-24(18)35-21-11-13-29(14-12-21)25(32)17-31-23-9-6-8-22(23)26(28-31)27(33)30-15-19(2)34-20(3)16-30/h4-5,7,10,19-21H,6,8-9,11-17H2,1-3H3/t19-,20+. The van der Waals surface area contributed by atoms with E-state index in [0.717, 1.165) is 54.7 Å². The fourth-order valence-corrected chi connectivity index (χ4v) is 5.62. The summed E-state index contributed by atoms with van der Waals surface area (Å²) in [5.74, 6) is 0.945. The first-order chi connectivity index (χ1) is 16.9. The molecule has 5 rings (SSSR count). The number of morpholine rings is 1. The molecule has 0 N–H and O–H groups in total. The number of hydrogen-bond donors (Lipinski definition) is 0. The van der Waals surface area contributed by atoms with Crippen molar-refractivity contribution in [3.63, 3.8) is 0 Å². The van der Waals surface area contributed by atoms with Crippen molar-refractivity contribution in [2.24, 2.45) is 0 Å². The molecule has 2 amide bonds. The molecule has 1 aromatic carbocycles. The van der Waals surface area contributed by atoms with Crippen LogP contribution < -0.4 is 4.74 Å². The lowest BCUT2D eigenvalue weighted by Gasteiger charge is -2.35. The predicted molar refractivity (Wildman–Crippen MR) is 132 cm³/mol. The highest BCUT2D eigenvalue weighted by Gasteiger charge is 2.33. The van der Waals surface area contributed by atoms with Gasteiger partial charge >= 0.3 is 0 Å². The number of carbonyl (C=O) groups excluding carboxylic acids is 2. The Kier molecular flexibility index (Phi) is 6.82. The quantitative estimate of drug-likeness (QED) is 0.658. The summed E-state index contributed by atoms with van der Waals surface area (Å²) in [6, 6.07) is 8.05. The number of carbonyl (C=O) groups is 2. The van der Waals surface area contributed by atoms with Gasteiger partial charge in [0.15, 0.2) is 5.69 Å². The Labute approximate surface area is 207 Å². The molecule has 2 fully saturated rings. The fraction of sp³-hybridized carbons (Fsp3) is 0.593. The first-order valence-electron chi connectivity index (χ1n) is 12.9. The zero-order chi connectivity index (χ0) is 24.5. The van der Waals surface area contributed by atoms with Crippen molar-refractivity contribution in [1.29, 1.82) is 0 Å². The zero-order valence-electron chi connectivity index (χ0n) is 21.0. The van der Waals surface area contributed by atoms with Gasteiger partial charge in [0, 0.05) is 50.3 Å². The molecule has 0 saturated carbocycles. The van der Waals surface area contributed by atoms with Gasteiger partial charge in [0.25, 0.3) is 5.91 Å². The van der Waals surface area contributed by atoms with E-state index in [1.54, 1.807) is 4.68 Å². The maximum atomic E-state index is 13.3. The number of aromatic nitrogens is 2. The summed E-state index contributed by atoms with van der Waals surface area (Å²) in [6.07, 6.45) is 4.49. The molecule has 2 aromatic rings. The van der Waals surface area contributed by atoms with Gasteiger partial charge in [0.05, 0.1) is 12.2 Å². The van der Waals surface area contributed by atoms with Crippen LogP contribution in [-0.2, 0) is 28.9 Å². The summed E-state index contributed by atoms with van der Waals surface area (Å²) >= 11 is 0. The maximum Gasteiger partial charge on any atom is 0.274 e. The Morgan fingerprint density at radius 2 is 1.77 bits per heavy atom. The monoisotopic (exact) mass is 480 g/mol. The molecular formula is C27H36N4O4. The van der Waals surface area contributed by atoms with E-state index in [1.165, 1.54) is 0 Å². The van der Waals surface area contributed by atoms with Crippen molar-refractivity contribution in [2.45, 2.75) is 77.7 Å². The smallest absolute Gasteiger partial charge is 0.274 e.